The molecule has 306 valence electrons. The summed E-state index contributed by atoms with van der Waals surface area (Å²) >= 11 is 0. The molecule has 4 aromatic rings. The first-order valence-corrected chi connectivity index (χ1v) is 27.4. The Balaban J connectivity index is 1.59. The van der Waals surface area contributed by atoms with Gasteiger partial charge in [-0.05, 0) is 78.6 Å². The first-order chi connectivity index (χ1) is 26.1. The van der Waals surface area contributed by atoms with Gasteiger partial charge in [0, 0.05) is 70.6 Å². The minimum atomic E-state index is -1.33. The van der Waals surface area contributed by atoms with E-state index in [0.717, 1.165) is 45.6 Å². The van der Waals surface area contributed by atoms with Crippen molar-refractivity contribution in [3.63, 3.8) is 0 Å². The van der Waals surface area contributed by atoms with E-state index in [-0.39, 0.29) is 12.5 Å². The maximum Gasteiger partial charge on any atom is 0.411 e. The number of pyridine rings is 1. The van der Waals surface area contributed by atoms with Gasteiger partial charge in [-0.15, -0.1) is 0 Å². The molecular formula is C42H64N6O6Si2. The first-order valence-electron chi connectivity index (χ1n) is 19.9. The van der Waals surface area contributed by atoms with Crippen molar-refractivity contribution in [3.8, 4) is 11.1 Å². The average Bonchev–Trinajstić information content (AvgIpc) is 3.52. The highest BCUT2D eigenvalue weighted by Gasteiger charge is 2.41. The topological polar surface area (TPSA) is 121 Å². The van der Waals surface area contributed by atoms with Gasteiger partial charge in [-0.25, -0.2) is 14.6 Å². The van der Waals surface area contributed by atoms with Crippen LogP contribution in [0.5, 0.6) is 0 Å². The zero-order valence-electron chi connectivity index (χ0n) is 35.8. The summed E-state index contributed by atoms with van der Waals surface area (Å²) in [5.74, 6) is 0.110. The van der Waals surface area contributed by atoms with E-state index in [9.17, 15) is 9.59 Å². The summed E-state index contributed by atoms with van der Waals surface area (Å²) in [4.78, 5) is 41.0. The molecule has 3 aromatic heterocycles. The molecule has 14 heteroatoms. The Bertz CT molecular complexity index is 1950. The average molecular weight is 805 g/mol. The Labute approximate surface area is 335 Å². The third-order valence-electron chi connectivity index (χ3n) is 9.49. The molecule has 2 atom stereocenters. The minimum absolute atomic E-state index is 0.218. The Kier molecular flexibility index (Phi) is 13.4. The molecule has 0 aliphatic carbocycles. The van der Waals surface area contributed by atoms with E-state index in [1.54, 1.807) is 0 Å². The number of piperidine rings is 1. The summed E-state index contributed by atoms with van der Waals surface area (Å²) in [6, 6.07) is 13.5. The van der Waals surface area contributed by atoms with Crippen molar-refractivity contribution in [1.29, 1.82) is 0 Å². The second-order valence-corrected chi connectivity index (χ2v) is 30.7. The molecule has 1 saturated heterocycles. The number of benzene rings is 1. The number of hydrogen-bond acceptors (Lipinski definition) is 10. The van der Waals surface area contributed by atoms with Crippen LogP contribution in [0.2, 0.25) is 51.4 Å². The third kappa shape index (κ3) is 12.1. The highest BCUT2D eigenvalue weighted by Crippen LogP contribution is 2.36. The van der Waals surface area contributed by atoms with E-state index in [1.807, 2.05) is 88.8 Å². The molecule has 0 N–H and O–H groups in total. The number of fused-ring (bicyclic) bond motifs is 2. The van der Waals surface area contributed by atoms with E-state index in [4.69, 9.17) is 34.0 Å². The van der Waals surface area contributed by atoms with Crippen LogP contribution in [-0.4, -0.2) is 103 Å². The van der Waals surface area contributed by atoms with Crippen molar-refractivity contribution in [1.82, 2.24) is 24.5 Å². The zero-order chi connectivity index (χ0) is 41.1. The fourth-order valence-electron chi connectivity index (χ4n) is 6.45. The molecule has 0 radical (unpaired) electrons. The SMILES string of the molecule is CC(C)(C)OC(=O)C1CCC(c2cc(N(COCC[Si](C)(C)C)COCC[Si](C)(C)C)n3ncc(-c4cnc5ccccc5c4)c3n2)CN1C(=O)OC(C)(C)C. The van der Waals surface area contributed by atoms with Crippen molar-refractivity contribution in [2.45, 2.75) is 129 Å². The molecule has 0 saturated carbocycles. The van der Waals surface area contributed by atoms with Crippen LogP contribution in [0.25, 0.3) is 27.7 Å². The lowest BCUT2D eigenvalue weighted by atomic mass is 9.90. The minimum Gasteiger partial charge on any atom is -0.458 e. The Morgan fingerprint density at radius 1 is 0.839 bits per heavy atom. The number of carbonyl (C=O) groups is 2. The van der Waals surface area contributed by atoms with Crippen LogP contribution in [0.3, 0.4) is 0 Å². The number of hydrogen-bond donors (Lipinski definition) is 0. The normalized spacial score (nSPS) is 17.0. The molecule has 12 nitrogen and oxygen atoms in total. The molecular weight excluding hydrogens is 741 g/mol. The van der Waals surface area contributed by atoms with Gasteiger partial charge in [0.05, 0.1) is 17.4 Å². The summed E-state index contributed by atoms with van der Waals surface area (Å²) in [6.45, 7) is 27.2. The number of ether oxygens (including phenoxy) is 4. The van der Waals surface area contributed by atoms with Crippen molar-refractivity contribution < 1.29 is 28.5 Å². The molecule has 1 aliphatic rings. The summed E-state index contributed by atoms with van der Waals surface area (Å²) in [6.07, 6.45) is 4.14. The third-order valence-corrected chi connectivity index (χ3v) is 12.9. The van der Waals surface area contributed by atoms with Gasteiger partial charge in [-0.1, -0.05) is 57.5 Å². The molecule has 1 amide bonds. The second-order valence-electron chi connectivity index (χ2n) is 19.4. The standard InChI is InChI=1S/C42H64N6O6Si2/c1-41(2,3)53-39(49)36-18-17-31(27-47(36)40(50)54-42(4,5)6)35-24-37(46(28-51-19-21-55(7,8)9)29-52-20-22-56(10,11)12)48-38(45-35)33(26-44-48)32-23-30-15-13-14-16-34(30)43-25-32/h13-16,23-26,31,36H,17-22,27-29H2,1-12H3. The maximum atomic E-state index is 13.8. The number of para-hydroxylation sites is 1. The Morgan fingerprint density at radius 3 is 2.07 bits per heavy atom. The zero-order valence-corrected chi connectivity index (χ0v) is 37.8. The second kappa shape index (κ2) is 17.3. The number of rotatable bonds is 14. The van der Waals surface area contributed by atoms with Gasteiger partial charge in [-0.2, -0.15) is 9.61 Å². The Morgan fingerprint density at radius 2 is 1.46 bits per heavy atom. The Hall–Kier alpha value is -3.86. The van der Waals surface area contributed by atoms with Crippen LogP contribution in [0.4, 0.5) is 10.6 Å². The number of amides is 1. The number of nitrogens with zero attached hydrogens (tertiary/aromatic N) is 6. The lowest BCUT2D eigenvalue weighted by molar-refractivity contribution is -0.162. The van der Waals surface area contributed by atoms with Crippen LogP contribution in [0.15, 0.2) is 48.8 Å². The van der Waals surface area contributed by atoms with E-state index >= 15 is 0 Å². The van der Waals surface area contributed by atoms with Crippen LogP contribution in [-0.2, 0) is 23.7 Å². The van der Waals surface area contributed by atoms with Gasteiger partial charge in [0.1, 0.15) is 36.5 Å². The molecule has 0 bridgehead atoms. The van der Waals surface area contributed by atoms with Crippen LogP contribution in [0.1, 0.15) is 66.0 Å². The van der Waals surface area contributed by atoms with Crippen LogP contribution in [0, 0.1) is 0 Å². The number of aromatic nitrogens is 4. The number of carbonyl (C=O) groups excluding carboxylic acids is 2. The van der Waals surface area contributed by atoms with Crippen LogP contribution >= 0.6 is 0 Å². The fourth-order valence-corrected chi connectivity index (χ4v) is 7.96. The van der Waals surface area contributed by atoms with Crippen molar-refractivity contribution in [2.24, 2.45) is 0 Å². The largest absolute Gasteiger partial charge is 0.458 e. The summed E-state index contributed by atoms with van der Waals surface area (Å²) in [5.41, 5.74) is 2.60. The molecule has 2 unspecified atom stereocenters. The van der Waals surface area contributed by atoms with E-state index in [2.05, 4.69) is 50.2 Å². The smallest absolute Gasteiger partial charge is 0.411 e. The fraction of sp³-hybridized carbons (Fsp3) is 0.595. The quantitative estimate of drug-likeness (QED) is 0.0528. The van der Waals surface area contributed by atoms with Gasteiger partial charge >= 0.3 is 12.1 Å². The first kappa shape index (κ1) is 43.3. The summed E-state index contributed by atoms with van der Waals surface area (Å²) in [5, 5.41) is 5.93. The van der Waals surface area contributed by atoms with E-state index in [1.165, 1.54) is 4.90 Å². The summed E-state index contributed by atoms with van der Waals surface area (Å²) < 4.78 is 26.3. The van der Waals surface area contributed by atoms with Gasteiger partial charge in [-0.3, -0.25) is 9.88 Å². The predicted molar refractivity (Wildman–Crippen MR) is 229 cm³/mol. The van der Waals surface area contributed by atoms with Gasteiger partial charge < -0.3 is 23.8 Å². The van der Waals surface area contributed by atoms with Gasteiger partial charge in [0.25, 0.3) is 0 Å². The van der Waals surface area contributed by atoms with Crippen LogP contribution < -0.4 is 4.90 Å². The number of likely N-dealkylation sites (tertiary alicyclic amines) is 1. The van der Waals surface area contributed by atoms with Crippen molar-refractivity contribution in [3.05, 3.63) is 54.5 Å². The lowest BCUT2D eigenvalue weighted by Crippen LogP contribution is -2.53. The maximum absolute atomic E-state index is 13.8. The molecule has 56 heavy (non-hydrogen) atoms. The molecule has 4 heterocycles. The monoisotopic (exact) mass is 804 g/mol. The molecule has 1 aromatic carbocycles. The molecule has 1 fully saturated rings. The highest BCUT2D eigenvalue weighted by molar-refractivity contribution is 6.76. The van der Waals surface area contributed by atoms with E-state index in [0.29, 0.717) is 45.2 Å². The van der Waals surface area contributed by atoms with E-state index < -0.39 is 45.5 Å². The van der Waals surface area contributed by atoms with Gasteiger partial charge in [0.15, 0.2) is 5.65 Å². The number of esters is 1. The lowest BCUT2D eigenvalue weighted by Gasteiger charge is -2.39. The highest BCUT2D eigenvalue weighted by atomic mass is 28.3. The molecule has 5 rings (SSSR count). The van der Waals surface area contributed by atoms with Gasteiger partial charge in [0.2, 0.25) is 0 Å². The van der Waals surface area contributed by atoms with Crippen molar-refractivity contribution >= 4 is 50.6 Å². The summed E-state index contributed by atoms with van der Waals surface area (Å²) in [7, 11) is -2.65. The molecule has 1 aliphatic heterocycles. The predicted octanol–water partition coefficient (Wildman–Crippen LogP) is 9.20. The molecule has 0 spiro atoms. The van der Waals surface area contributed by atoms with Crippen molar-refractivity contribution in [2.75, 3.05) is 38.1 Å². The number of anilines is 1.